The summed E-state index contributed by atoms with van der Waals surface area (Å²) in [7, 11) is 1.32. The molecule has 7 nitrogen and oxygen atoms in total. The number of benzene rings is 1. The van der Waals surface area contributed by atoms with Crippen molar-refractivity contribution in [3.8, 4) is 5.75 Å². The van der Waals surface area contributed by atoms with Crippen LogP contribution in [0.15, 0.2) is 18.2 Å². The van der Waals surface area contributed by atoms with Gasteiger partial charge in [-0.3, -0.25) is 0 Å². The molecule has 1 aromatic heterocycles. The Morgan fingerprint density at radius 1 is 1.17 bits per heavy atom. The van der Waals surface area contributed by atoms with Crippen molar-refractivity contribution in [1.82, 2.24) is 15.0 Å². The molecular formula is C12H12F4N6O. The fourth-order valence-corrected chi connectivity index (χ4v) is 1.58. The molecule has 4 N–H and O–H groups in total. The van der Waals surface area contributed by atoms with Gasteiger partial charge in [0.05, 0.1) is 7.11 Å². The summed E-state index contributed by atoms with van der Waals surface area (Å²) >= 11 is 0. The monoisotopic (exact) mass is 332 g/mol. The molecule has 0 fully saturated rings. The number of methoxy groups -OCH3 is 1. The van der Waals surface area contributed by atoms with Crippen molar-refractivity contribution >= 4 is 23.5 Å². The average Bonchev–Trinajstić information content (AvgIpc) is 2.44. The van der Waals surface area contributed by atoms with E-state index in [0.29, 0.717) is 0 Å². The van der Waals surface area contributed by atoms with E-state index in [1.165, 1.54) is 19.2 Å². The van der Waals surface area contributed by atoms with Crippen LogP contribution in [0.2, 0.25) is 0 Å². The molecule has 0 unspecified atom stereocenters. The van der Waals surface area contributed by atoms with Crippen LogP contribution in [0.5, 0.6) is 5.75 Å². The van der Waals surface area contributed by atoms with E-state index in [4.69, 9.17) is 10.5 Å². The Bertz CT molecular complexity index is 694. The van der Waals surface area contributed by atoms with Crippen LogP contribution in [0.25, 0.3) is 0 Å². The van der Waals surface area contributed by atoms with Crippen LogP contribution < -0.4 is 21.1 Å². The summed E-state index contributed by atoms with van der Waals surface area (Å²) in [6.07, 6.45) is -4.44. The Morgan fingerprint density at radius 3 is 2.48 bits per heavy atom. The van der Waals surface area contributed by atoms with E-state index in [1.807, 2.05) is 5.32 Å². The molecule has 2 rings (SSSR count). The first-order valence-corrected chi connectivity index (χ1v) is 6.19. The molecular weight excluding hydrogens is 320 g/mol. The van der Waals surface area contributed by atoms with Crippen molar-refractivity contribution in [2.24, 2.45) is 0 Å². The number of aromatic nitrogens is 3. The average molecular weight is 332 g/mol. The highest BCUT2D eigenvalue weighted by atomic mass is 19.4. The van der Waals surface area contributed by atoms with Gasteiger partial charge in [0, 0.05) is 11.8 Å². The number of ether oxygens (including phenoxy) is 1. The maximum Gasteiger partial charge on any atom is 0.405 e. The van der Waals surface area contributed by atoms with Crippen LogP contribution >= 0.6 is 0 Å². The standard InChI is InChI=1S/C12H12F4N6O/c1-23-8-3-2-6(4-7(8)13)19-11-21-9(17)20-10(22-11)18-5-12(14,15)16/h2-4H,5H2,1H3,(H4,17,18,19,20,21,22). The quantitative estimate of drug-likeness (QED) is 0.723. The van der Waals surface area contributed by atoms with E-state index in [-0.39, 0.29) is 29.3 Å². The Morgan fingerprint density at radius 2 is 1.87 bits per heavy atom. The van der Waals surface area contributed by atoms with E-state index in [9.17, 15) is 17.6 Å². The third kappa shape index (κ3) is 4.83. The normalized spacial score (nSPS) is 11.2. The first-order chi connectivity index (χ1) is 10.8. The first kappa shape index (κ1) is 16.5. The fraction of sp³-hybridized carbons (Fsp3) is 0.250. The number of nitrogens with one attached hydrogen (secondary N) is 2. The second kappa shape index (κ2) is 6.50. The maximum atomic E-state index is 13.6. The lowest BCUT2D eigenvalue weighted by molar-refractivity contribution is -0.115. The van der Waals surface area contributed by atoms with Gasteiger partial charge in [0.15, 0.2) is 11.6 Å². The number of nitrogens with two attached hydrogens (primary N) is 1. The van der Waals surface area contributed by atoms with E-state index in [2.05, 4.69) is 20.3 Å². The maximum absolute atomic E-state index is 13.6. The predicted molar refractivity (Wildman–Crippen MR) is 75.0 cm³/mol. The number of alkyl halides is 3. The largest absolute Gasteiger partial charge is 0.494 e. The molecule has 0 bridgehead atoms. The summed E-state index contributed by atoms with van der Waals surface area (Å²) in [5.41, 5.74) is 5.67. The summed E-state index contributed by atoms with van der Waals surface area (Å²) in [6, 6.07) is 3.96. The van der Waals surface area contributed by atoms with Crippen LogP contribution in [-0.4, -0.2) is 34.8 Å². The molecule has 1 heterocycles. The topological polar surface area (TPSA) is 98.0 Å². The number of halogens is 4. The highest BCUT2D eigenvalue weighted by molar-refractivity contribution is 5.56. The molecule has 0 amide bonds. The van der Waals surface area contributed by atoms with Crippen LogP contribution in [0.3, 0.4) is 0 Å². The molecule has 0 aliphatic carbocycles. The van der Waals surface area contributed by atoms with Gasteiger partial charge in [-0.05, 0) is 12.1 Å². The molecule has 0 aliphatic rings. The third-order valence-corrected chi connectivity index (χ3v) is 2.51. The molecule has 0 spiro atoms. The van der Waals surface area contributed by atoms with Crippen molar-refractivity contribution in [2.45, 2.75) is 6.18 Å². The van der Waals surface area contributed by atoms with Crippen molar-refractivity contribution in [1.29, 1.82) is 0 Å². The minimum Gasteiger partial charge on any atom is -0.494 e. The minimum atomic E-state index is -4.44. The van der Waals surface area contributed by atoms with Gasteiger partial charge < -0.3 is 21.1 Å². The lowest BCUT2D eigenvalue weighted by Crippen LogP contribution is -2.23. The van der Waals surface area contributed by atoms with Gasteiger partial charge >= 0.3 is 6.18 Å². The fourth-order valence-electron chi connectivity index (χ4n) is 1.58. The van der Waals surface area contributed by atoms with Crippen LogP contribution in [-0.2, 0) is 0 Å². The number of rotatable bonds is 5. The van der Waals surface area contributed by atoms with Gasteiger partial charge in [-0.25, -0.2) is 4.39 Å². The van der Waals surface area contributed by atoms with Crippen LogP contribution in [0.1, 0.15) is 0 Å². The molecule has 124 valence electrons. The molecule has 11 heteroatoms. The molecule has 0 radical (unpaired) electrons. The zero-order valence-electron chi connectivity index (χ0n) is 11.8. The van der Waals surface area contributed by atoms with Crippen molar-refractivity contribution < 1.29 is 22.3 Å². The summed E-state index contributed by atoms with van der Waals surface area (Å²) in [5.74, 6) is -1.37. The summed E-state index contributed by atoms with van der Waals surface area (Å²) in [5, 5.41) is 4.60. The SMILES string of the molecule is COc1ccc(Nc2nc(N)nc(NCC(F)(F)F)n2)cc1F. The number of hydrogen-bond acceptors (Lipinski definition) is 7. The molecule has 2 aromatic rings. The lowest BCUT2D eigenvalue weighted by Gasteiger charge is -2.11. The van der Waals surface area contributed by atoms with Gasteiger partial charge in [-0.2, -0.15) is 28.1 Å². The zero-order chi connectivity index (χ0) is 17.0. The number of hydrogen-bond donors (Lipinski definition) is 3. The van der Waals surface area contributed by atoms with Gasteiger partial charge in [-0.1, -0.05) is 0 Å². The molecule has 1 aromatic carbocycles. The van der Waals surface area contributed by atoms with E-state index < -0.39 is 18.5 Å². The molecule has 23 heavy (non-hydrogen) atoms. The van der Waals surface area contributed by atoms with Crippen molar-refractivity contribution in [2.75, 3.05) is 30.0 Å². The van der Waals surface area contributed by atoms with E-state index >= 15 is 0 Å². The highest BCUT2D eigenvalue weighted by Crippen LogP contribution is 2.23. The van der Waals surface area contributed by atoms with Crippen molar-refractivity contribution in [3.05, 3.63) is 24.0 Å². The van der Waals surface area contributed by atoms with Gasteiger partial charge in [0.2, 0.25) is 17.8 Å². The second-order valence-electron chi connectivity index (χ2n) is 4.28. The molecule has 0 saturated heterocycles. The summed E-state index contributed by atoms with van der Waals surface area (Å²) in [6.45, 7) is -1.33. The number of anilines is 4. The van der Waals surface area contributed by atoms with E-state index in [1.54, 1.807) is 0 Å². The Kier molecular flexibility index (Phi) is 4.67. The van der Waals surface area contributed by atoms with E-state index in [0.717, 1.165) is 6.07 Å². The van der Waals surface area contributed by atoms with Gasteiger partial charge in [-0.15, -0.1) is 0 Å². The highest BCUT2D eigenvalue weighted by Gasteiger charge is 2.27. The summed E-state index contributed by atoms with van der Waals surface area (Å²) < 4.78 is 54.9. The minimum absolute atomic E-state index is 0.0400. The Labute approximate surface area is 127 Å². The Balaban J connectivity index is 2.16. The predicted octanol–water partition coefficient (Wildman–Crippen LogP) is 2.32. The van der Waals surface area contributed by atoms with Gasteiger partial charge in [0.25, 0.3) is 0 Å². The van der Waals surface area contributed by atoms with Crippen LogP contribution in [0.4, 0.5) is 41.1 Å². The summed E-state index contributed by atoms with van der Waals surface area (Å²) in [4.78, 5) is 11.0. The molecule has 0 atom stereocenters. The van der Waals surface area contributed by atoms with Crippen molar-refractivity contribution in [3.63, 3.8) is 0 Å². The number of nitrogens with zero attached hydrogens (tertiary/aromatic N) is 3. The molecule has 0 aliphatic heterocycles. The number of nitrogen functional groups attached to an aromatic ring is 1. The smallest absolute Gasteiger partial charge is 0.405 e. The molecule has 0 saturated carbocycles. The lowest BCUT2D eigenvalue weighted by atomic mass is 10.3. The Hall–Kier alpha value is -2.85. The van der Waals surface area contributed by atoms with Crippen LogP contribution in [0, 0.1) is 5.82 Å². The zero-order valence-corrected chi connectivity index (χ0v) is 11.8. The third-order valence-electron chi connectivity index (χ3n) is 2.51. The van der Waals surface area contributed by atoms with Gasteiger partial charge in [0.1, 0.15) is 6.54 Å². The second-order valence-corrected chi connectivity index (χ2v) is 4.28. The first-order valence-electron chi connectivity index (χ1n) is 6.19.